The number of allylic oxidation sites excluding steroid dienone is 1. The molecule has 0 N–H and O–H groups in total. The van der Waals surface area contributed by atoms with Crippen LogP contribution in [0.25, 0.3) is 0 Å². The topological polar surface area (TPSA) is 9.23 Å². The van der Waals surface area contributed by atoms with Crippen LogP contribution in [0.5, 0.6) is 0 Å². The van der Waals surface area contributed by atoms with E-state index < -0.39 is 0 Å². The van der Waals surface area contributed by atoms with Crippen LogP contribution in [0.1, 0.15) is 33.6 Å². The molecule has 3 unspecified atom stereocenters. The standard InChI is InChI=1S/C10H18O/c1-4-9-6-7-11-10(5-2)8(9)3/h6-10H,4-5H2,1-3H3. The van der Waals surface area contributed by atoms with Gasteiger partial charge in [0.15, 0.2) is 0 Å². The Bertz CT molecular complexity index is 140. The summed E-state index contributed by atoms with van der Waals surface area (Å²) in [6.07, 6.45) is 6.88. The van der Waals surface area contributed by atoms with Crippen LogP contribution in [-0.2, 0) is 4.74 Å². The lowest BCUT2D eigenvalue weighted by atomic mass is 9.85. The molecule has 1 nitrogen and oxygen atoms in total. The van der Waals surface area contributed by atoms with Gasteiger partial charge in [-0.2, -0.15) is 0 Å². The van der Waals surface area contributed by atoms with E-state index in [0.29, 0.717) is 12.0 Å². The van der Waals surface area contributed by atoms with Crippen molar-refractivity contribution < 1.29 is 4.74 Å². The Morgan fingerprint density at radius 2 is 2.00 bits per heavy atom. The van der Waals surface area contributed by atoms with Crippen LogP contribution < -0.4 is 0 Å². The van der Waals surface area contributed by atoms with E-state index in [4.69, 9.17) is 4.74 Å². The average molecular weight is 154 g/mol. The highest BCUT2D eigenvalue weighted by Gasteiger charge is 2.25. The van der Waals surface area contributed by atoms with Crippen molar-refractivity contribution in [2.45, 2.75) is 39.7 Å². The quantitative estimate of drug-likeness (QED) is 0.594. The zero-order valence-electron chi connectivity index (χ0n) is 7.71. The van der Waals surface area contributed by atoms with E-state index in [0.717, 1.165) is 12.3 Å². The number of hydrogen-bond donors (Lipinski definition) is 0. The molecular weight excluding hydrogens is 136 g/mol. The van der Waals surface area contributed by atoms with Gasteiger partial charge in [0.25, 0.3) is 0 Å². The molecular formula is C10H18O. The fourth-order valence-electron chi connectivity index (χ4n) is 1.80. The lowest BCUT2D eigenvalue weighted by molar-refractivity contribution is 0.0512. The predicted molar refractivity (Wildman–Crippen MR) is 47.2 cm³/mol. The van der Waals surface area contributed by atoms with E-state index in [-0.39, 0.29) is 0 Å². The van der Waals surface area contributed by atoms with Gasteiger partial charge in [0.1, 0.15) is 6.10 Å². The van der Waals surface area contributed by atoms with Gasteiger partial charge in [-0.15, -0.1) is 0 Å². The molecule has 1 aliphatic rings. The summed E-state index contributed by atoms with van der Waals surface area (Å²) in [5, 5.41) is 0. The van der Waals surface area contributed by atoms with Crippen LogP contribution in [0.2, 0.25) is 0 Å². The Balaban J connectivity index is 2.57. The molecule has 64 valence electrons. The van der Waals surface area contributed by atoms with Crippen molar-refractivity contribution in [1.29, 1.82) is 0 Å². The van der Waals surface area contributed by atoms with Crippen LogP contribution in [0.15, 0.2) is 12.3 Å². The number of ether oxygens (including phenoxy) is 1. The molecule has 0 aromatic carbocycles. The summed E-state index contributed by atoms with van der Waals surface area (Å²) < 4.78 is 5.49. The van der Waals surface area contributed by atoms with Gasteiger partial charge in [-0.3, -0.25) is 0 Å². The largest absolute Gasteiger partial charge is 0.498 e. The molecule has 11 heavy (non-hydrogen) atoms. The van der Waals surface area contributed by atoms with Crippen molar-refractivity contribution in [1.82, 2.24) is 0 Å². The maximum absolute atomic E-state index is 5.49. The summed E-state index contributed by atoms with van der Waals surface area (Å²) >= 11 is 0. The van der Waals surface area contributed by atoms with E-state index in [1.54, 1.807) is 0 Å². The lowest BCUT2D eigenvalue weighted by Gasteiger charge is -2.31. The first-order chi connectivity index (χ1) is 5.29. The fourth-order valence-corrected chi connectivity index (χ4v) is 1.80. The molecule has 1 aliphatic heterocycles. The summed E-state index contributed by atoms with van der Waals surface area (Å²) in [5.41, 5.74) is 0. The molecule has 0 bridgehead atoms. The minimum atomic E-state index is 0.449. The molecule has 0 amide bonds. The van der Waals surface area contributed by atoms with Crippen LogP contribution in [0.4, 0.5) is 0 Å². The van der Waals surface area contributed by atoms with Gasteiger partial charge in [-0.05, 0) is 30.8 Å². The highest BCUT2D eigenvalue weighted by molar-refractivity contribution is 4.93. The van der Waals surface area contributed by atoms with Gasteiger partial charge < -0.3 is 4.74 Å². The smallest absolute Gasteiger partial charge is 0.101 e. The molecule has 0 aromatic heterocycles. The Morgan fingerprint density at radius 1 is 1.27 bits per heavy atom. The highest BCUT2D eigenvalue weighted by atomic mass is 16.5. The Hall–Kier alpha value is -0.460. The minimum absolute atomic E-state index is 0.449. The molecule has 0 aliphatic carbocycles. The lowest BCUT2D eigenvalue weighted by Crippen LogP contribution is -2.28. The van der Waals surface area contributed by atoms with Gasteiger partial charge in [0.05, 0.1) is 6.26 Å². The van der Waals surface area contributed by atoms with Gasteiger partial charge in [0, 0.05) is 0 Å². The van der Waals surface area contributed by atoms with E-state index in [9.17, 15) is 0 Å². The zero-order chi connectivity index (χ0) is 8.27. The first-order valence-corrected chi connectivity index (χ1v) is 4.61. The molecule has 0 radical (unpaired) electrons. The maximum Gasteiger partial charge on any atom is 0.101 e. The highest BCUT2D eigenvalue weighted by Crippen LogP contribution is 2.28. The van der Waals surface area contributed by atoms with Crippen molar-refractivity contribution >= 4 is 0 Å². The molecule has 0 saturated carbocycles. The third-order valence-electron chi connectivity index (χ3n) is 2.71. The Labute approximate surface area is 69.4 Å². The van der Waals surface area contributed by atoms with Crippen molar-refractivity contribution in [3.8, 4) is 0 Å². The molecule has 0 spiro atoms. The molecule has 0 saturated heterocycles. The average Bonchev–Trinajstić information content (AvgIpc) is 2.05. The molecule has 0 fully saturated rings. The van der Waals surface area contributed by atoms with Gasteiger partial charge in [0.2, 0.25) is 0 Å². The molecule has 0 aromatic rings. The normalized spacial score (nSPS) is 36.8. The summed E-state index contributed by atoms with van der Waals surface area (Å²) in [6.45, 7) is 6.71. The number of hydrogen-bond acceptors (Lipinski definition) is 1. The second-order valence-corrected chi connectivity index (χ2v) is 3.34. The van der Waals surface area contributed by atoms with E-state index in [1.807, 2.05) is 6.26 Å². The van der Waals surface area contributed by atoms with E-state index in [2.05, 4.69) is 26.8 Å². The molecule has 1 heteroatoms. The van der Waals surface area contributed by atoms with Crippen molar-refractivity contribution in [3.05, 3.63) is 12.3 Å². The predicted octanol–water partition coefficient (Wildman–Crippen LogP) is 2.97. The monoisotopic (exact) mass is 154 g/mol. The van der Waals surface area contributed by atoms with Crippen LogP contribution >= 0.6 is 0 Å². The minimum Gasteiger partial charge on any atom is -0.498 e. The van der Waals surface area contributed by atoms with E-state index in [1.165, 1.54) is 6.42 Å². The first-order valence-electron chi connectivity index (χ1n) is 4.61. The van der Waals surface area contributed by atoms with E-state index >= 15 is 0 Å². The van der Waals surface area contributed by atoms with Gasteiger partial charge in [-0.1, -0.05) is 20.8 Å². The second-order valence-electron chi connectivity index (χ2n) is 3.34. The van der Waals surface area contributed by atoms with Gasteiger partial charge in [-0.25, -0.2) is 0 Å². The zero-order valence-corrected chi connectivity index (χ0v) is 7.71. The number of rotatable bonds is 2. The molecule has 1 rings (SSSR count). The SMILES string of the molecule is CCC1C=COC(CC)C1C. The third-order valence-corrected chi connectivity index (χ3v) is 2.71. The Morgan fingerprint density at radius 3 is 2.55 bits per heavy atom. The van der Waals surface area contributed by atoms with Crippen LogP contribution in [0.3, 0.4) is 0 Å². The van der Waals surface area contributed by atoms with Crippen molar-refractivity contribution in [2.24, 2.45) is 11.8 Å². The first kappa shape index (κ1) is 8.63. The third kappa shape index (κ3) is 1.76. The fraction of sp³-hybridized carbons (Fsp3) is 0.800. The van der Waals surface area contributed by atoms with Crippen molar-refractivity contribution in [2.75, 3.05) is 0 Å². The van der Waals surface area contributed by atoms with Gasteiger partial charge >= 0.3 is 0 Å². The summed E-state index contributed by atoms with van der Waals surface area (Å²) in [7, 11) is 0. The molecule has 1 heterocycles. The summed E-state index contributed by atoms with van der Waals surface area (Å²) in [6, 6.07) is 0. The van der Waals surface area contributed by atoms with Crippen LogP contribution in [0, 0.1) is 11.8 Å². The maximum atomic E-state index is 5.49. The summed E-state index contributed by atoms with van der Waals surface area (Å²) in [5.74, 6) is 1.42. The van der Waals surface area contributed by atoms with Crippen LogP contribution in [-0.4, -0.2) is 6.10 Å². The van der Waals surface area contributed by atoms with Crippen molar-refractivity contribution in [3.63, 3.8) is 0 Å². The Kier molecular flexibility index (Phi) is 2.98. The second kappa shape index (κ2) is 3.80. The summed E-state index contributed by atoms with van der Waals surface area (Å²) in [4.78, 5) is 0. The molecule has 3 atom stereocenters.